The van der Waals surface area contributed by atoms with Gasteiger partial charge in [0.25, 0.3) is 5.91 Å². The molecule has 0 saturated carbocycles. The molecule has 2 N–H and O–H groups in total. The van der Waals surface area contributed by atoms with E-state index in [1.807, 2.05) is 13.8 Å². The second-order valence-corrected chi connectivity index (χ2v) is 4.86. The molecular weight excluding hydrogens is 247 g/mol. The van der Waals surface area contributed by atoms with Gasteiger partial charge in [0.15, 0.2) is 6.61 Å². The van der Waals surface area contributed by atoms with Crippen LogP contribution in [-0.2, 0) is 4.79 Å². The maximum absolute atomic E-state index is 13.7. The van der Waals surface area contributed by atoms with Crippen molar-refractivity contribution >= 4 is 5.91 Å². The minimum absolute atomic E-state index is 0.105. The van der Waals surface area contributed by atoms with Gasteiger partial charge in [-0.3, -0.25) is 4.79 Å². The van der Waals surface area contributed by atoms with Gasteiger partial charge in [0.05, 0.1) is 0 Å². The summed E-state index contributed by atoms with van der Waals surface area (Å²) < 4.78 is 18.9. The zero-order valence-corrected chi connectivity index (χ0v) is 11.8. The average molecular weight is 268 g/mol. The third-order valence-electron chi connectivity index (χ3n) is 2.99. The second kappa shape index (κ2) is 6.52. The minimum atomic E-state index is -0.419. The highest BCUT2D eigenvalue weighted by Gasteiger charge is 2.13. The number of carbonyl (C=O) groups excluding carboxylic acids is 1. The maximum Gasteiger partial charge on any atom is 0.260 e. The van der Waals surface area contributed by atoms with E-state index < -0.39 is 5.82 Å². The smallest absolute Gasteiger partial charge is 0.260 e. The molecule has 0 saturated heterocycles. The van der Waals surface area contributed by atoms with Crippen molar-refractivity contribution in [2.24, 2.45) is 5.73 Å². The van der Waals surface area contributed by atoms with E-state index in [2.05, 4.69) is 0 Å². The lowest BCUT2D eigenvalue weighted by Crippen LogP contribution is -2.36. The predicted molar refractivity (Wildman–Crippen MR) is 72.4 cm³/mol. The summed E-state index contributed by atoms with van der Waals surface area (Å²) in [6.07, 6.45) is 0. The number of halogens is 1. The van der Waals surface area contributed by atoms with E-state index in [0.717, 1.165) is 0 Å². The molecule has 0 aliphatic carbocycles. The fourth-order valence-electron chi connectivity index (χ4n) is 1.50. The van der Waals surface area contributed by atoms with E-state index in [1.54, 1.807) is 31.0 Å². The third kappa shape index (κ3) is 4.21. The quantitative estimate of drug-likeness (QED) is 0.889. The van der Waals surface area contributed by atoms with Gasteiger partial charge in [-0.15, -0.1) is 0 Å². The largest absolute Gasteiger partial charge is 0.484 e. The molecule has 106 valence electrons. The van der Waals surface area contributed by atoms with Crippen molar-refractivity contribution in [1.82, 2.24) is 4.90 Å². The topological polar surface area (TPSA) is 55.6 Å². The molecule has 1 aromatic carbocycles. The van der Waals surface area contributed by atoms with Gasteiger partial charge in [-0.05, 0) is 26.8 Å². The lowest BCUT2D eigenvalue weighted by atomic mass is 10.1. The van der Waals surface area contributed by atoms with E-state index in [9.17, 15) is 9.18 Å². The highest BCUT2D eigenvalue weighted by atomic mass is 19.1. The van der Waals surface area contributed by atoms with Crippen LogP contribution < -0.4 is 10.5 Å². The molecule has 0 aromatic heterocycles. The van der Waals surface area contributed by atoms with Crippen LogP contribution >= 0.6 is 0 Å². The lowest BCUT2D eigenvalue weighted by molar-refractivity contribution is -0.133. The Kier molecular flexibility index (Phi) is 5.30. The number of likely N-dealkylation sites (N-methyl/N-ethyl adjacent to an activating group) is 1. The van der Waals surface area contributed by atoms with E-state index in [4.69, 9.17) is 10.5 Å². The number of hydrogen-bond acceptors (Lipinski definition) is 3. The second-order valence-electron chi connectivity index (χ2n) is 4.86. The molecule has 5 heteroatoms. The fourth-order valence-corrected chi connectivity index (χ4v) is 1.50. The zero-order valence-electron chi connectivity index (χ0n) is 11.8. The number of hydrogen-bond donors (Lipinski definition) is 1. The van der Waals surface area contributed by atoms with Crippen LogP contribution in [0.1, 0.15) is 32.4 Å². The number of rotatable bonds is 5. The minimum Gasteiger partial charge on any atom is -0.484 e. The number of nitrogens with zero attached hydrogens (tertiary/aromatic N) is 1. The fraction of sp³-hybridized carbons (Fsp3) is 0.500. The average Bonchev–Trinajstić information content (AvgIpc) is 2.34. The van der Waals surface area contributed by atoms with Gasteiger partial charge in [-0.1, -0.05) is 6.07 Å². The Morgan fingerprint density at radius 3 is 2.53 bits per heavy atom. The first-order valence-electron chi connectivity index (χ1n) is 6.26. The Morgan fingerprint density at radius 1 is 1.42 bits per heavy atom. The predicted octanol–water partition coefficient (Wildman–Crippen LogP) is 2.09. The Bertz CT molecular complexity index is 447. The summed E-state index contributed by atoms with van der Waals surface area (Å²) in [7, 11) is 1.70. The molecule has 1 rings (SSSR count). The number of nitrogens with two attached hydrogens (primary N) is 1. The highest BCUT2D eigenvalue weighted by Crippen LogP contribution is 2.20. The van der Waals surface area contributed by atoms with Crippen molar-refractivity contribution in [3.05, 3.63) is 29.6 Å². The summed E-state index contributed by atoms with van der Waals surface area (Å²) in [4.78, 5) is 13.3. The number of ether oxygens (including phenoxy) is 1. The number of carbonyl (C=O) groups is 1. The van der Waals surface area contributed by atoms with Gasteiger partial charge in [-0.25, -0.2) is 4.39 Å². The summed E-state index contributed by atoms with van der Waals surface area (Å²) in [5, 5.41) is 0. The van der Waals surface area contributed by atoms with E-state index in [0.29, 0.717) is 11.3 Å². The van der Waals surface area contributed by atoms with Crippen LogP contribution in [0.5, 0.6) is 5.75 Å². The van der Waals surface area contributed by atoms with Gasteiger partial charge in [0, 0.05) is 30.8 Å². The molecule has 0 aliphatic heterocycles. The molecule has 0 radical (unpaired) electrons. The lowest BCUT2D eigenvalue weighted by Gasteiger charge is -2.21. The number of amides is 1. The van der Waals surface area contributed by atoms with Crippen molar-refractivity contribution in [1.29, 1.82) is 0 Å². The first kappa shape index (κ1) is 15.4. The molecule has 1 atom stereocenters. The molecule has 19 heavy (non-hydrogen) atoms. The van der Waals surface area contributed by atoms with Crippen LogP contribution in [0.3, 0.4) is 0 Å². The summed E-state index contributed by atoms with van der Waals surface area (Å²) in [6.45, 7) is 5.43. The third-order valence-corrected chi connectivity index (χ3v) is 2.99. The Balaban J connectivity index is 2.64. The van der Waals surface area contributed by atoms with E-state index >= 15 is 0 Å². The van der Waals surface area contributed by atoms with E-state index in [-0.39, 0.29) is 24.6 Å². The molecule has 0 fully saturated rings. The van der Waals surface area contributed by atoms with Crippen LogP contribution in [0.4, 0.5) is 4.39 Å². The van der Waals surface area contributed by atoms with Crippen LogP contribution in [0, 0.1) is 5.82 Å². The van der Waals surface area contributed by atoms with Crippen LogP contribution in [0.15, 0.2) is 18.2 Å². The van der Waals surface area contributed by atoms with Gasteiger partial charge in [-0.2, -0.15) is 0 Å². The summed E-state index contributed by atoms with van der Waals surface area (Å²) in [5.74, 6) is -0.240. The van der Waals surface area contributed by atoms with Crippen molar-refractivity contribution in [2.45, 2.75) is 32.9 Å². The first-order chi connectivity index (χ1) is 8.82. The standard InChI is InChI=1S/C14H21FN2O2/c1-9(2)17(4)14(18)8-19-11-5-6-12(10(3)16)13(15)7-11/h5-7,9-10H,8,16H2,1-4H3. The molecule has 1 aromatic rings. The molecular formula is C14H21FN2O2. The van der Waals surface area contributed by atoms with Crippen LogP contribution in [-0.4, -0.2) is 30.5 Å². The van der Waals surface area contributed by atoms with Crippen LogP contribution in [0.25, 0.3) is 0 Å². The summed E-state index contributed by atoms with van der Waals surface area (Å²) >= 11 is 0. The molecule has 1 unspecified atom stereocenters. The molecule has 0 heterocycles. The monoisotopic (exact) mass is 268 g/mol. The molecule has 1 amide bonds. The Morgan fingerprint density at radius 2 is 2.05 bits per heavy atom. The summed E-state index contributed by atoms with van der Waals surface area (Å²) in [5.41, 5.74) is 6.05. The highest BCUT2D eigenvalue weighted by molar-refractivity contribution is 5.77. The van der Waals surface area contributed by atoms with Gasteiger partial charge in [0.1, 0.15) is 11.6 Å². The van der Waals surface area contributed by atoms with Crippen molar-refractivity contribution in [2.75, 3.05) is 13.7 Å². The van der Waals surface area contributed by atoms with Gasteiger partial charge >= 0.3 is 0 Å². The Labute approximate surface area is 113 Å². The van der Waals surface area contributed by atoms with Gasteiger partial charge < -0.3 is 15.4 Å². The molecule has 0 spiro atoms. The summed E-state index contributed by atoms with van der Waals surface area (Å²) in [6, 6.07) is 4.17. The molecule has 0 aliphatic rings. The maximum atomic E-state index is 13.7. The molecule has 4 nitrogen and oxygen atoms in total. The van der Waals surface area contributed by atoms with Gasteiger partial charge in [0.2, 0.25) is 0 Å². The molecule has 0 bridgehead atoms. The van der Waals surface area contributed by atoms with E-state index in [1.165, 1.54) is 6.07 Å². The first-order valence-corrected chi connectivity index (χ1v) is 6.26. The van der Waals surface area contributed by atoms with Crippen molar-refractivity contribution in [3.8, 4) is 5.75 Å². The SMILES string of the molecule is CC(N)c1ccc(OCC(=O)N(C)C(C)C)cc1F. The van der Waals surface area contributed by atoms with Crippen molar-refractivity contribution < 1.29 is 13.9 Å². The van der Waals surface area contributed by atoms with Crippen molar-refractivity contribution in [3.63, 3.8) is 0 Å². The number of benzene rings is 1. The normalized spacial score (nSPS) is 12.4. The zero-order chi connectivity index (χ0) is 14.6. The Hall–Kier alpha value is -1.62. The van der Waals surface area contributed by atoms with Crippen LogP contribution in [0.2, 0.25) is 0 Å².